The quantitative estimate of drug-likeness (QED) is 0.736. The van der Waals surface area contributed by atoms with E-state index < -0.39 is 0 Å². The van der Waals surface area contributed by atoms with Gasteiger partial charge in [0.25, 0.3) is 0 Å². The number of nitrogens with zero attached hydrogens (tertiary/aromatic N) is 5. The van der Waals surface area contributed by atoms with Gasteiger partial charge >= 0.3 is 0 Å². The standard InChI is InChI=1S/C17H21N7O/c1-11-13(10-24(2)23-11)14-7-15-16(20-4-3-19-15)17(22-14)21-9-12-8-18-5-6-25-12/h3-4,7,10,12,18H,5-6,8-9H2,1-2H3,(H,21,22)/t12-/m0/s1. The van der Waals surface area contributed by atoms with Crippen molar-refractivity contribution in [2.24, 2.45) is 7.05 Å². The van der Waals surface area contributed by atoms with Crippen LogP contribution < -0.4 is 10.6 Å². The number of ether oxygens (including phenoxy) is 1. The summed E-state index contributed by atoms with van der Waals surface area (Å²) in [6, 6.07) is 1.95. The SMILES string of the molecule is Cc1nn(C)cc1-c1cc2nccnc2c(NC[C@@H]2CNCCO2)n1. The van der Waals surface area contributed by atoms with Gasteiger partial charge in [0.1, 0.15) is 5.52 Å². The number of hydrogen-bond donors (Lipinski definition) is 2. The van der Waals surface area contributed by atoms with E-state index in [9.17, 15) is 0 Å². The molecule has 4 rings (SSSR count). The number of fused-ring (bicyclic) bond motifs is 1. The lowest BCUT2D eigenvalue weighted by molar-refractivity contribution is 0.0372. The van der Waals surface area contributed by atoms with Crippen LogP contribution in [0.2, 0.25) is 0 Å². The maximum Gasteiger partial charge on any atom is 0.154 e. The predicted molar refractivity (Wildman–Crippen MR) is 95.4 cm³/mol. The van der Waals surface area contributed by atoms with Gasteiger partial charge in [0.2, 0.25) is 0 Å². The van der Waals surface area contributed by atoms with E-state index in [1.54, 1.807) is 17.1 Å². The first kappa shape index (κ1) is 15.9. The minimum Gasteiger partial charge on any atom is -0.374 e. The number of morpholine rings is 1. The monoisotopic (exact) mass is 339 g/mol. The van der Waals surface area contributed by atoms with Crippen LogP contribution in [-0.2, 0) is 11.8 Å². The molecule has 0 saturated carbocycles. The summed E-state index contributed by atoms with van der Waals surface area (Å²) in [6.45, 7) is 5.11. The second-order valence-corrected chi connectivity index (χ2v) is 6.16. The van der Waals surface area contributed by atoms with Gasteiger partial charge in [-0.05, 0) is 13.0 Å². The van der Waals surface area contributed by atoms with E-state index in [0.29, 0.717) is 6.54 Å². The lowest BCUT2D eigenvalue weighted by Crippen LogP contribution is -2.42. The number of aryl methyl sites for hydroxylation is 2. The molecule has 0 unspecified atom stereocenters. The van der Waals surface area contributed by atoms with Crippen LogP contribution in [0.15, 0.2) is 24.7 Å². The average Bonchev–Trinajstić information content (AvgIpc) is 2.98. The van der Waals surface area contributed by atoms with Crippen molar-refractivity contribution in [2.75, 3.05) is 31.6 Å². The van der Waals surface area contributed by atoms with Crippen molar-refractivity contribution in [3.05, 3.63) is 30.4 Å². The zero-order valence-corrected chi connectivity index (χ0v) is 14.4. The van der Waals surface area contributed by atoms with E-state index >= 15 is 0 Å². The second kappa shape index (κ2) is 6.73. The Labute approximate surface area is 145 Å². The van der Waals surface area contributed by atoms with E-state index in [1.165, 1.54) is 0 Å². The smallest absolute Gasteiger partial charge is 0.154 e. The fraction of sp³-hybridized carbons (Fsp3) is 0.412. The fourth-order valence-corrected chi connectivity index (χ4v) is 3.05. The summed E-state index contributed by atoms with van der Waals surface area (Å²) in [5.41, 5.74) is 4.33. The van der Waals surface area contributed by atoms with Gasteiger partial charge in [0.05, 0.1) is 29.6 Å². The molecule has 3 aromatic heterocycles. The number of rotatable bonds is 4. The minimum atomic E-state index is 0.117. The van der Waals surface area contributed by atoms with Crippen molar-refractivity contribution >= 4 is 16.9 Å². The van der Waals surface area contributed by atoms with Gasteiger partial charge in [-0.1, -0.05) is 0 Å². The summed E-state index contributed by atoms with van der Waals surface area (Å²) < 4.78 is 7.54. The molecule has 1 atom stereocenters. The average molecular weight is 339 g/mol. The predicted octanol–water partition coefficient (Wildman–Crippen LogP) is 1.13. The zero-order valence-electron chi connectivity index (χ0n) is 14.4. The first-order valence-corrected chi connectivity index (χ1v) is 8.39. The van der Waals surface area contributed by atoms with E-state index in [2.05, 4.69) is 25.7 Å². The van der Waals surface area contributed by atoms with Gasteiger partial charge in [-0.3, -0.25) is 9.67 Å². The molecule has 1 saturated heterocycles. The van der Waals surface area contributed by atoms with Crippen LogP contribution in [0.25, 0.3) is 22.3 Å². The van der Waals surface area contributed by atoms with Crippen LogP contribution in [0.4, 0.5) is 5.82 Å². The largest absolute Gasteiger partial charge is 0.374 e. The highest BCUT2D eigenvalue weighted by molar-refractivity contribution is 5.88. The fourth-order valence-electron chi connectivity index (χ4n) is 3.05. The van der Waals surface area contributed by atoms with E-state index in [1.807, 2.05) is 26.2 Å². The van der Waals surface area contributed by atoms with Crippen LogP contribution in [0, 0.1) is 6.92 Å². The van der Waals surface area contributed by atoms with Crippen molar-refractivity contribution in [3.8, 4) is 11.3 Å². The second-order valence-electron chi connectivity index (χ2n) is 6.16. The maximum absolute atomic E-state index is 5.75. The molecule has 0 radical (unpaired) electrons. The summed E-state index contributed by atoms with van der Waals surface area (Å²) in [4.78, 5) is 13.7. The maximum atomic E-state index is 5.75. The highest BCUT2D eigenvalue weighted by Gasteiger charge is 2.16. The molecular formula is C17H21N7O. The van der Waals surface area contributed by atoms with Crippen LogP contribution >= 0.6 is 0 Å². The Kier molecular flexibility index (Phi) is 4.29. The molecule has 1 aliphatic rings. The van der Waals surface area contributed by atoms with Gasteiger partial charge in [-0.25, -0.2) is 9.97 Å². The first-order valence-electron chi connectivity index (χ1n) is 8.39. The molecule has 0 spiro atoms. The van der Waals surface area contributed by atoms with Gasteiger partial charge < -0.3 is 15.4 Å². The third kappa shape index (κ3) is 3.31. The number of hydrogen-bond acceptors (Lipinski definition) is 7. The highest BCUT2D eigenvalue weighted by atomic mass is 16.5. The van der Waals surface area contributed by atoms with Crippen LogP contribution in [0.1, 0.15) is 5.69 Å². The van der Waals surface area contributed by atoms with E-state index in [4.69, 9.17) is 9.72 Å². The number of anilines is 1. The highest BCUT2D eigenvalue weighted by Crippen LogP contribution is 2.27. The van der Waals surface area contributed by atoms with E-state index in [-0.39, 0.29) is 6.10 Å². The Balaban J connectivity index is 1.69. The van der Waals surface area contributed by atoms with Gasteiger partial charge in [-0.2, -0.15) is 5.10 Å². The Morgan fingerprint density at radius 1 is 1.36 bits per heavy atom. The molecule has 0 aliphatic carbocycles. The van der Waals surface area contributed by atoms with Crippen LogP contribution in [-0.4, -0.2) is 57.1 Å². The summed E-state index contributed by atoms with van der Waals surface area (Å²) in [5, 5.41) is 11.1. The Bertz CT molecular complexity index is 886. The van der Waals surface area contributed by atoms with Crippen LogP contribution in [0.5, 0.6) is 0 Å². The molecule has 25 heavy (non-hydrogen) atoms. The summed E-state index contributed by atoms with van der Waals surface area (Å²) in [5.74, 6) is 0.720. The minimum absolute atomic E-state index is 0.117. The molecule has 0 amide bonds. The van der Waals surface area contributed by atoms with Crippen molar-refractivity contribution in [3.63, 3.8) is 0 Å². The Morgan fingerprint density at radius 2 is 2.24 bits per heavy atom. The van der Waals surface area contributed by atoms with Crippen LogP contribution in [0.3, 0.4) is 0 Å². The lowest BCUT2D eigenvalue weighted by atomic mass is 10.1. The van der Waals surface area contributed by atoms with Crippen molar-refractivity contribution < 1.29 is 4.74 Å². The van der Waals surface area contributed by atoms with Gasteiger partial charge in [0.15, 0.2) is 5.82 Å². The molecule has 130 valence electrons. The molecule has 2 N–H and O–H groups in total. The van der Waals surface area contributed by atoms with Gasteiger partial charge in [-0.15, -0.1) is 0 Å². The summed E-state index contributed by atoms with van der Waals surface area (Å²) >= 11 is 0. The zero-order chi connectivity index (χ0) is 17.2. The molecule has 0 aromatic carbocycles. The third-order valence-electron chi connectivity index (χ3n) is 4.25. The Hall–Kier alpha value is -2.58. The normalized spacial score (nSPS) is 17.8. The molecule has 8 nitrogen and oxygen atoms in total. The topological polar surface area (TPSA) is 89.8 Å². The van der Waals surface area contributed by atoms with Crippen molar-refractivity contribution in [1.29, 1.82) is 0 Å². The summed E-state index contributed by atoms with van der Waals surface area (Å²) in [7, 11) is 1.91. The number of nitrogens with one attached hydrogen (secondary N) is 2. The molecule has 1 aliphatic heterocycles. The molecule has 1 fully saturated rings. The molecule has 8 heteroatoms. The van der Waals surface area contributed by atoms with Crippen molar-refractivity contribution in [1.82, 2.24) is 30.0 Å². The summed E-state index contributed by atoms with van der Waals surface area (Å²) in [6.07, 6.45) is 5.46. The Morgan fingerprint density at radius 3 is 3.00 bits per heavy atom. The molecule has 4 heterocycles. The molecule has 3 aromatic rings. The lowest BCUT2D eigenvalue weighted by Gasteiger charge is -2.24. The third-order valence-corrected chi connectivity index (χ3v) is 4.25. The number of pyridine rings is 1. The van der Waals surface area contributed by atoms with Gasteiger partial charge in [0, 0.05) is 50.8 Å². The number of aromatic nitrogens is 5. The first-order chi connectivity index (χ1) is 12.2. The molecule has 0 bridgehead atoms. The van der Waals surface area contributed by atoms with Crippen molar-refractivity contribution in [2.45, 2.75) is 13.0 Å². The molecular weight excluding hydrogens is 318 g/mol. The van der Waals surface area contributed by atoms with E-state index in [0.717, 1.165) is 53.5 Å².